The van der Waals surface area contributed by atoms with Crippen LogP contribution in [0, 0.1) is 0 Å². The van der Waals surface area contributed by atoms with Gasteiger partial charge in [0.25, 0.3) is 0 Å². The minimum Gasteiger partial charge on any atom is -0.388 e. The molecule has 1 aromatic heterocycles. The van der Waals surface area contributed by atoms with Gasteiger partial charge in [-0.15, -0.1) is 0 Å². The van der Waals surface area contributed by atoms with Gasteiger partial charge in [-0.3, -0.25) is 4.68 Å². The van der Waals surface area contributed by atoms with Gasteiger partial charge in [0.2, 0.25) is 0 Å². The van der Waals surface area contributed by atoms with Crippen molar-refractivity contribution in [2.75, 3.05) is 13.1 Å². The molecule has 4 nitrogen and oxygen atoms in total. The van der Waals surface area contributed by atoms with Crippen LogP contribution in [0.2, 0.25) is 0 Å². The first kappa shape index (κ1) is 15.2. The number of nitrogens with one attached hydrogen (secondary N) is 1. The third kappa shape index (κ3) is 4.42. The highest BCUT2D eigenvalue weighted by Crippen LogP contribution is 2.14. The van der Waals surface area contributed by atoms with E-state index in [2.05, 4.69) is 37.3 Å². The molecule has 0 saturated carbocycles. The third-order valence-corrected chi connectivity index (χ3v) is 3.07. The predicted molar refractivity (Wildman–Crippen MR) is 74.8 cm³/mol. The first-order valence-electron chi connectivity index (χ1n) is 7.01. The van der Waals surface area contributed by atoms with Crippen molar-refractivity contribution in [3.8, 4) is 0 Å². The van der Waals surface area contributed by atoms with Gasteiger partial charge in [-0.05, 0) is 39.3 Å². The summed E-state index contributed by atoms with van der Waals surface area (Å²) in [7, 11) is 0. The Balaban J connectivity index is 2.66. The van der Waals surface area contributed by atoms with Crippen molar-refractivity contribution in [1.82, 2.24) is 15.1 Å². The van der Waals surface area contributed by atoms with E-state index in [-0.39, 0.29) is 0 Å². The second-order valence-corrected chi connectivity index (χ2v) is 5.15. The molecule has 0 spiro atoms. The van der Waals surface area contributed by atoms with Crippen LogP contribution >= 0.6 is 0 Å². The van der Waals surface area contributed by atoms with E-state index >= 15 is 0 Å². The summed E-state index contributed by atoms with van der Waals surface area (Å²) >= 11 is 0. The second-order valence-electron chi connectivity index (χ2n) is 5.15. The van der Waals surface area contributed by atoms with Gasteiger partial charge in [-0.25, -0.2) is 0 Å². The molecule has 2 N–H and O–H groups in total. The molecule has 4 heteroatoms. The van der Waals surface area contributed by atoms with E-state index < -0.39 is 5.60 Å². The van der Waals surface area contributed by atoms with Crippen LogP contribution in [0.25, 0.3) is 0 Å². The fourth-order valence-electron chi connectivity index (χ4n) is 2.09. The molecule has 0 aromatic carbocycles. The van der Waals surface area contributed by atoms with Gasteiger partial charge in [0, 0.05) is 25.2 Å². The zero-order chi connectivity index (χ0) is 13.6. The molecule has 0 radical (unpaired) electrons. The van der Waals surface area contributed by atoms with Gasteiger partial charge in [0.05, 0.1) is 11.3 Å². The maximum Gasteiger partial charge on any atom is 0.0798 e. The topological polar surface area (TPSA) is 50.1 Å². The number of hydrogen-bond acceptors (Lipinski definition) is 3. The van der Waals surface area contributed by atoms with Crippen molar-refractivity contribution in [1.29, 1.82) is 0 Å². The first-order chi connectivity index (χ1) is 8.52. The Kier molecular flexibility index (Phi) is 5.82. The lowest BCUT2D eigenvalue weighted by molar-refractivity contribution is 0.0582. The number of aryl methyl sites for hydroxylation is 2. The molecule has 0 aliphatic carbocycles. The van der Waals surface area contributed by atoms with Gasteiger partial charge >= 0.3 is 0 Å². The Morgan fingerprint density at radius 3 is 2.67 bits per heavy atom. The summed E-state index contributed by atoms with van der Waals surface area (Å²) < 4.78 is 1.99. The van der Waals surface area contributed by atoms with Crippen molar-refractivity contribution >= 4 is 0 Å². The molecule has 0 amide bonds. The first-order valence-corrected chi connectivity index (χ1v) is 7.01. The molecule has 0 aliphatic heterocycles. The summed E-state index contributed by atoms with van der Waals surface area (Å²) in [6.45, 7) is 10.6. The minimum atomic E-state index is -0.715. The molecule has 18 heavy (non-hydrogen) atoms. The molecular formula is C14H27N3O. The quantitative estimate of drug-likeness (QED) is 0.694. The zero-order valence-corrected chi connectivity index (χ0v) is 12.2. The minimum absolute atomic E-state index is 0.622. The molecule has 0 aliphatic rings. The lowest BCUT2D eigenvalue weighted by Gasteiger charge is -2.24. The monoisotopic (exact) mass is 253 g/mol. The van der Waals surface area contributed by atoms with E-state index in [1.807, 2.05) is 11.6 Å². The van der Waals surface area contributed by atoms with Crippen molar-refractivity contribution in [2.24, 2.45) is 0 Å². The van der Waals surface area contributed by atoms with Gasteiger partial charge < -0.3 is 10.4 Å². The highest BCUT2D eigenvalue weighted by Gasteiger charge is 2.22. The number of rotatable bonds is 8. The lowest BCUT2D eigenvalue weighted by Crippen LogP contribution is -2.40. The largest absolute Gasteiger partial charge is 0.388 e. The van der Waals surface area contributed by atoms with Gasteiger partial charge in [-0.1, -0.05) is 13.8 Å². The summed E-state index contributed by atoms with van der Waals surface area (Å²) in [4.78, 5) is 0. The highest BCUT2D eigenvalue weighted by molar-refractivity contribution is 5.13. The summed E-state index contributed by atoms with van der Waals surface area (Å²) in [5, 5.41) is 18.2. The van der Waals surface area contributed by atoms with Gasteiger partial charge in [-0.2, -0.15) is 5.10 Å². The van der Waals surface area contributed by atoms with E-state index in [4.69, 9.17) is 0 Å². The maximum absolute atomic E-state index is 10.4. The van der Waals surface area contributed by atoms with Crippen LogP contribution in [0.15, 0.2) is 6.07 Å². The number of aromatic nitrogens is 2. The Bertz CT molecular complexity index is 358. The Labute approximate surface area is 110 Å². The van der Waals surface area contributed by atoms with Crippen molar-refractivity contribution < 1.29 is 5.11 Å². The van der Waals surface area contributed by atoms with Gasteiger partial charge in [0.15, 0.2) is 0 Å². The Hall–Kier alpha value is -0.870. The molecule has 1 heterocycles. The molecule has 1 atom stereocenters. The summed E-state index contributed by atoms with van der Waals surface area (Å²) in [5.74, 6) is 0. The Morgan fingerprint density at radius 1 is 1.39 bits per heavy atom. The van der Waals surface area contributed by atoms with Crippen LogP contribution in [0.3, 0.4) is 0 Å². The molecule has 1 unspecified atom stereocenters. The summed E-state index contributed by atoms with van der Waals surface area (Å²) in [5.41, 5.74) is 1.51. The highest BCUT2D eigenvalue weighted by atomic mass is 16.3. The molecule has 0 saturated heterocycles. The van der Waals surface area contributed by atoms with E-state index in [1.165, 1.54) is 0 Å². The standard InChI is InChI=1S/C14H27N3O/c1-5-8-15-11-14(4,18)10-13-9-12(6-2)16-17(13)7-3/h9,15,18H,5-8,10-11H2,1-4H3. The average molecular weight is 253 g/mol. The smallest absolute Gasteiger partial charge is 0.0798 e. The predicted octanol–water partition coefficient (Wildman–Crippen LogP) is 1.76. The van der Waals surface area contributed by atoms with Crippen LogP contribution in [-0.4, -0.2) is 33.6 Å². The fraction of sp³-hybridized carbons (Fsp3) is 0.786. The maximum atomic E-state index is 10.4. The van der Waals surface area contributed by atoms with Crippen LogP contribution in [-0.2, 0) is 19.4 Å². The second kappa shape index (κ2) is 6.90. The Morgan fingerprint density at radius 2 is 2.11 bits per heavy atom. The van der Waals surface area contributed by atoms with E-state index in [9.17, 15) is 5.11 Å². The number of hydrogen-bond donors (Lipinski definition) is 2. The lowest BCUT2D eigenvalue weighted by atomic mass is 9.99. The SMILES string of the molecule is CCCNCC(C)(O)Cc1cc(CC)nn1CC. The molecular weight excluding hydrogens is 226 g/mol. The zero-order valence-electron chi connectivity index (χ0n) is 12.2. The molecule has 0 bridgehead atoms. The fourth-order valence-corrected chi connectivity index (χ4v) is 2.09. The van der Waals surface area contributed by atoms with Crippen LogP contribution < -0.4 is 5.32 Å². The van der Waals surface area contributed by atoms with Gasteiger partial charge in [0.1, 0.15) is 0 Å². The summed E-state index contributed by atoms with van der Waals surface area (Å²) in [6, 6.07) is 2.11. The van der Waals surface area contributed by atoms with Crippen molar-refractivity contribution in [3.63, 3.8) is 0 Å². The normalized spacial score (nSPS) is 14.7. The van der Waals surface area contributed by atoms with E-state index in [1.54, 1.807) is 0 Å². The molecule has 1 rings (SSSR count). The van der Waals surface area contributed by atoms with Crippen LogP contribution in [0.4, 0.5) is 0 Å². The number of nitrogens with zero attached hydrogens (tertiary/aromatic N) is 2. The van der Waals surface area contributed by atoms with E-state index in [0.29, 0.717) is 13.0 Å². The van der Waals surface area contributed by atoms with Crippen molar-refractivity contribution in [3.05, 3.63) is 17.5 Å². The molecule has 0 fully saturated rings. The van der Waals surface area contributed by atoms with Crippen LogP contribution in [0.5, 0.6) is 0 Å². The average Bonchev–Trinajstić information content (AvgIpc) is 2.70. The molecule has 1 aromatic rings. The summed E-state index contributed by atoms with van der Waals surface area (Å²) in [6.07, 6.45) is 2.67. The molecule has 104 valence electrons. The third-order valence-electron chi connectivity index (χ3n) is 3.07. The number of aliphatic hydroxyl groups is 1. The van der Waals surface area contributed by atoms with Crippen molar-refractivity contribution in [2.45, 2.75) is 59.1 Å². The van der Waals surface area contributed by atoms with E-state index in [0.717, 1.165) is 37.3 Å². The van der Waals surface area contributed by atoms with Crippen LogP contribution in [0.1, 0.15) is 45.5 Å².